The van der Waals surface area contributed by atoms with Crippen molar-refractivity contribution >= 4 is 21.8 Å². The summed E-state index contributed by atoms with van der Waals surface area (Å²) >= 11 is 1.61. The first-order valence-corrected chi connectivity index (χ1v) is 9.44. The fourth-order valence-corrected chi connectivity index (χ4v) is 4.05. The molecule has 0 amide bonds. The van der Waals surface area contributed by atoms with Crippen molar-refractivity contribution in [1.29, 1.82) is 0 Å². The highest BCUT2D eigenvalue weighted by Gasteiger charge is 2.26. The minimum Gasteiger partial charge on any atom is -0.395 e. The highest BCUT2D eigenvalue weighted by Crippen LogP contribution is 2.21. The van der Waals surface area contributed by atoms with E-state index >= 15 is 0 Å². The van der Waals surface area contributed by atoms with Gasteiger partial charge in [-0.05, 0) is 25.3 Å². The molecule has 1 rings (SSSR count). The van der Waals surface area contributed by atoms with Crippen LogP contribution in [0.5, 0.6) is 0 Å². The van der Waals surface area contributed by atoms with Crippen molar-refractivity contribution in [1.82, 2.24) is 4.31 Å². The van der Waals surface area contributed by atoms with E-state index < -0.39 is 10.0 Å². The molecule has 0 fully saturated rings. The van der Waals surface area contributed by atoms with Crippen LogP contribution in [0.1, 0.15) is 18.9 Å². The van der Waals surface area contributed by atoms with Crippen LogP contribution in [-0.4, -0.2) is 49.5 Å². The third-order valence-electron chi connectivity index (χ3n) is 3.03. The predicted molar refractivity (Wildman–Crippen MR) is 87.8 cm³/mol. The predicted octanol–water partition coefficient (Wildman–Crippen LogP) is 1.79. The summed E-state index contributed by atoms with van der Waals surface area (Å²) in [6.45, 7) is 1.85. The third kappa shape index (κ3) is 4.75. The number of aliphatic hydroxyl groups excluding tert-OH is 1. The molecule has 0 saturated carbocycles. The largest absolute Gasteiger partial charge is 0.395 e. The molecule has 1 unspecified atom stereocenters. The first-order chi connectivity index (χ1) is 9.95. The van der Waals surface area contributed by atoms with Crippen molar-refractivity contribution in [3.05, 3.63) is 29.8 Å². The van der Waals surface area contributed by atoms with Gasteiger partial charge in [0.05, 0.1) is 11.5 Å². The summed E-state index contributed by atoms with van der Waals surface area (Å²) in [7, 11) is -1.98. The standard InChI is InChI=1S/C15H21NO3S2/c1-13(12-20-3)16(2)21(18,19)15-10-5-4-8-14(15)9-6-7-11-17/h4-5,8,10,13,17H,7,11-12H2,1-3H3. The molecule has 21 heavy (non-hydrogen) atoms. The van der Waals surface area contributed by atoms with Gasteiger partial charge in [0.1, 0.15) is 0 Å². The first kappa shape index (κ1) is 18.1. The molecule has 0 heterocycles. The minimum atomic E-state index is -3.57. The molecule has 0 aliphatic carbocycles. The van der Waals surface area contributed by atoms with Crippen LogP contribution < -0.4 is 0 Å². The number of nitrogens with zero attached hydrogens (tertiary/aromatic N) is 1. The number of sulfonamides is 1. The Morgan fingerprint density at radius 2 is 2.05 bits per heavy atom. The van der Waals surface area contributed by atoms with Crippen LogP contribution in [0, 0.1) is 11.8 Å². The first-order valence-electron chi connectivity index (χ1n) is 6.61. The van der Waals surface area contributed by atoms with Gasteiger partial charge in [-0.3, -0.25) is 0 Å². The van der Waals surface area contributed by atoms with Crippen LogP contribution in [0.3, 0.4) is 0 Å². The average molecular weight is 327 g/mol. The van der Waals surface area contributed by atoms with Gasteiger partial charge < -0.3 is 5.11 Å². The SMILES string of the molecule is CSCC(C)N(C)S(=O)(=O)c1ccccc1C#CCCO. The summed E-state index contributed by atoms with van der Waals surface area (Å²) in [5, 5.41) is 8.76. The topological polar surface area (TPSA) is 57.6 Å². The minimum absolute atomic E-state index is 0.0351. The van der Waals surface area contributed by atoms with E-state index in [0.29, 0.717) is 12.0 Å². The second-order valence-electron chi connectivity index (χ2n) is 4.60. The Labute approximate surface area is 131 Å². The van der Waals surface area contributed by atoms with E-state index in [1.807, 2.05) is 13.2 Å². The van der Waals surface area contributed by atoms with Crippen LogP contribution in [0.25, 0.3) is 0 Å². The molecular formula is C15H21NO3S2. The van der Waals surface area contributed by atoms with Gasteiger partial charge in [0.2, 0.25) is 10.0 Å². The monoisotopic (exact) mass is 327 g/mol. The van der Waals surface area contributed by atoms with Gasteiger partial charge in [-0.1, -0.05) is 24.0 Å². The number of rotatable bonds is 6. The molecule has 1 aromatic carbocycles. The molecule has 1 aromatic rings. The van der Waals surface area contributed by atoms with E-state index in [1.165, 1.54) is 4.31 Å². The maximum Gasteiger partial charge on any atom is 0.244 e. The van der Waals surface area contributed by atoms with E-state index in [2.05, 4.69) is 11.8 Å². The third-order valence-corrected chi connectivity index (χ3v) is 5.88. The molecule has 0 bridgehead atoms. The second kappa shape index (κ2) is 8.44. The molecule has 0 aliphatic heterocycles. The van der Waals surface area contributed by atoms with Gasteiger partial charge in [0.25, 0.3) is 0 Å². The van der Waals surface area contributed by atoms with Gasteiger partial charge >= 0.3 is 0 Å². The number of thioether (sulfide) groups is 1. The van der Waals surface area contributed by atoms with Crippen LogP contribution in [0.15, 0.2) is 29.2 Å². The Morgan fingerprint density at radius 1 is 1.38 bits per heavy atom. The Bertz CT molecular complexity index is 617. The highest BCUT2D eigenvalue weighted by atomic mass is 32.2. The van der Waals surface area contributed by atoms with Crippen molar-refractivity contribution < 1.29 is 13.5 Å². The molecule has 0 saturated heterocycles. The summed E-state index contributed by atoms with van der Waals surface area (Å²) in [6.07, 6.45) is 2.28. The van der Waals surface area contributed by atoms with E-state index in [1.54, 1.807) is 43.1 Å². The van der Waals surface area contributed by atoms with Gasteiger partial charge in [0, 0.05) is 30.8 Å². The normalized spacial score (nSPS) is 12.8. The van der Waals surface area contributed by atoms with Gasteiger partial charge in [-0.25, -0.2) is 8.42 Å². The quantitative estimate of drug-likeness (QED) is 0.810. The zero-order valence-electron chi connectivity index (χ0n) is 12.5. The lowest BCUT2D eigenvalue weighted by Gasteiger charge is -2.24. The number of hydrogen-bond donors (Lipinski definition) is 1. The van der Waals surface area contributed by atoms with Crippen LogP contribution >= 0.6 is 11.8 Å². The van der Waals surface area contributed by atoms with E-state index in [9.17, 15) is 8.42 Å². The molecule has 0 spiro atoms. The molecule has 0 aromatic heterocycles. The Hall–Kier alpha value is -1.00. The molecule has 0 aliphatic rings. The summed E-state index contributed by atoms with van der Waals surface area (Å²) in [5.41, 5.74) is 0.467. The Balaban J connectivity index is 3.18. The maximum atomic E-state index is 12.7. The lowest BCUT2D eigenvalue weighted by atomic mass is 10.2. The summed E-state index contributed by atoms with van der Waals surface area (Å²) in [6, 6.07) is 6.61. The van der Waals surface area contributed by atoms with E-state index in [-0.39, 0.29) is 17.5 Å². The molecule has 4 nitrogen and oxygen atoms in total. The van der Waals surface area contributed by atoms with Gasteiger partial charge in [-0.15, -0.1) is 0 Å². The Kier molecular flexibility index (Phi) is 7.26. The fraction of sp³-hybridized carbons (Fsp3) is 0.467. The molecule has 0 radical (unpaired) electrons. The van der Waals surface area contributed by atoms with Crippen molar-refractivity contribution in [3.63, 3.8) is 0 Å². The zero-order chi connectivity index (χ0) is 15.9. The highest BCUT2D eigenvalue weighted by molar-refractivity contribution is 7.98. The second-order valence-corrected chi connectivity index (χ2v) is 7.47. The van der Waals surface area contributed by atoms with E-state index in [4.69, 9.17) is 5.11 Å². The molecule has 1 atom stereocenters. The number of aliphatic hydroxyl groups is 1. The zero-order valence-corrected chi connectivity index (χ0v) is 14.2. The fourth-order valence-electron chi connectivity index (χ4n) is 1.75. The summed E-state index contributed by atoms with van der Waals surface area (Å²) < 4.78 is 26.8. The Morgan fingerprint density at radius 3 is 2.67 bits per heavy atom. The lowest BCUT2D eigenvalue weighted by Crippen LogP contribution is -2.36. The summed E-state index contributed by atoms with van der Waals surface area (Å²) in [4.78, 5) is 0.214. The average Bonchev–Trinajstić information content (AvgIpc) is 2.47. The smallest absolute Gasteiger partial charge is 0.244 e. The molecule has 6 heteroatoms. The van der Waals surface area contributed by atoms with Crippen LogP contribution in [0.4, 0.5) is 0 Å². The maximum absolute atomic E-state index is 12.7. The molecule has 116 valence electrons. The van der Waals surface area contributed by atoms with Crippen molar-refractivity contribution in [3.8, 4) is 11.8 Å². The number of benzene rings is 1. The van der Waals surface area contributed by atoms with Gasteiger partial charge in [-0.2, -0.15) is 16.1 Å². The van der Waals surface area contributed by atoms with Crippen LogP contribution in [-0.2, 0) is 10.0 Å². The molecule has 1 N–H and O–H groups in total. The van der Waals surface area contributed by atoms with E-state index in [0.717, 1.165) is 5.75 Å². The van der Waals surface area contributed by atoms with Crippen molar-refractivity contribution in [2.24, 2.45) is 0 Å². The van der Waals surface area contributed by atoms with Crippen LogP contribution in [0.2, 0.25) is 0 Å². The van der Waals surface area contributed by atoms with Crippen molar-refractivity contribution in [2.75, 3.05) is 25.7 Å². The van der Waals surface area contributed by atoms with Crippen molar-refractivity contribution in [2.45, 2.75) is 24.3 Å². The van der Waals surface area contributed by atoms with Gasteiger partial charge in [0.15, 0.2) is 0 Å². The number of hydrogen-bond acceptors (Lipinski definition) is 4. The lowest BCUT2D eigenvalue weighted by molar-refractivity contribution is 0.305. The molecular weight excluding hydrogens is 306 g/mol. The summed E-state index contributed by atoms with van der Waals surface area (Å²) in [5.74, 6) is 6.33.